The van der Waals surface area contributed by atoms with Crippen molar-refractivity contribution in [2.75, 3.05) is 0 Å². The fourth-order valence-corrected chi connectivity index (χ4v) is 2.01. The molecule has 0 N–H and O–H groups in total. The zero-order valence-electron chi connectivity index (χ0n) is 9.83. The van der Waals surface area contributed by atoms with E-state index in [1.54, 1.807) is 18.5 Å². The molecule has 1 aromatic carbocycles. The topological polar surface area (TPSA) is 35.1 Å². The fourth-order valence-electron chi connectivity index (χ4n) is 2.01. The number of hydrogen-bond donors (Lipinski definition) is 0. The van der Waals surface area contributed by atoms with Gasteiger partial charge < -0.3 is 4.57 Å². The predicted octanol–water partition coefficient (Wildman–Crippen LogP) is 3.19. The van der Waals surface area contributed by atoms with Crippen molar-refractivity contribution in [1.82, 2.24) is 14.5 Å². The van der Waals surface area contributed by atoms with E-state index in [9.17, 15) is 0 Å². The molecule has 2 heterocycles. The molecule has 18 heavy (non-hydrogen) atoms. The fraction of sp³-hybridized carbons (Fsp3) is 0.0714. The molecule has 0 atom stereocenters. The van der Waals surface area contributed by atoms with Crippen LogP contribution >= 0.6 is 0 Å². The zero-order chi connectivity index (χ0) is 12.5. The lowest BCUT2D eigenvalue weighted by molar-refractivity contribution is 0.959. The average Bonchev–Trinajstić information content (AvgIpc) is 2.77. The van der Waals surface area contributed by atoms with E-state index >= 15 is 0 Å². The molecule has 0 aliphatic heterocycles. The number of hydrogen-bond acceptors (Lipinski definition) is 2. The van der Waals surface area contributed by atoms with Gasteiger partial charge in [0.15, 0.2) is 5.69 Å². The third kappa shape index (κ3) is 1.54. The Morgan fingerprint density at radius 2 is 1.94 bits per heavy atom. The molecule has 4 nitrogen and oxygen atoms in total. The number of pyridine rings is 1. The Bertz CT molecular complexity index is 751. The van der Waals surface area contributed by atoms with Crippen molar-refractivity contribution in [3.63, 3.8) is 0 Å². The van der Waals surface area contributed by atoms with Crippen LogP contribution < -0.4 is 0 Å². The Hall–Kier alpha value is -2.67. The van der Waals surface area contributed by atoms with Gasteiger partial charge in [0, 0.05) is 25.0 Å². The van der Waals surface area contributed by atoms with Crippen LogP contribution in [0.15, 0.2) is 42.7 Å². The van der Waals surface area contributed by atoms with Crippen molar-refractivity contribution in [1.29, 1.82) is 0 Å². The summed E-state index contributed by atoms with van der Waals surface area (Å²) < 4.78 is 2.00. The molecule has 0 spiro atoms. The van der Waals surface area contributed by atoms with Crippen molar-refractivity contribution in [3.05, 3.63) is 54.1 Å². The van der Waals surface area contributed by atoms with Crippen molar-refractivity contribution in [3.8, 4) is 11.4 Å². The van der Waals surface area contributed by atoms with Gasteiger partial charge in [-0.3, -0.25) is 4.98 Å². The van der Waals surface area contributed by atoms with Crippen LogP contribution in [-0.4, -0.2) is 14.5 Å². The lowest BCUT2D eigenvalue weighted by Gasteiger charge is -2.01. The number of rotatable bonds is 1. The lowest BCUT2D eigenvalue weighted by Crippen LogP contribution is -1.92. The molecule has 3 rings (SSSR count). The highest BCUT2D eigenvalue weighted by Crippen LogP contribution is 2.26. The van der Waals surface area contributed by atoms with E-state index in [0.29, 0.717) is 5.69 Å². The molecule has 0 radical (unpaired) electrons. The number of aromatic nitrogens is 3. The number of nitrogens with zero attached hydrogens (tertiary/aromatic N) is 4. The first-order valence-corrected chi connectivity index (χ1v) is 5.54. The molecule has 0 saturated heterocycles. The zero-order valence-corrected chi connectivity index (χ0v) is 9.83. The average molecular weight is 234 g/mol. The number of fused-ring (bicyclic) bond motifs is 1. The third-order valence-electron chi connectivity index (χ3n) is 2.93. The Morgan fingerprint density at radius 3 is 2.67 bits per heavy atom. The highest BCUT2D eigenvalue weighted by atomic mass is 15.1. The van der Waals surface area contributed by atoms with Crippen LogP contribution in [-0.2, 0) is 7.05 Å². The first-order valence-electron chi connectivity index (χ1n) is 5.54. The smallest absolute Gasteiger partial charge is 0.189 e. The summed E-state index contributed by atoms with van der Waals surface area (Å²) in [6, 6.07) is 9.39. The standard InChI is InChI=1S/C14H10N4/c1-15-11-3-4-12-13(9-11)18(2)14(17-12)10-5-7-16-8-6-10/h3-9H,2H3. The minimum absolute atomic E-state index is 0.631. The van der Waals surface area contributed by atoms with Gasteiger partial charge in [-0.15, -0.1) is 0 Å². The van der Waals surface area contributed by atoms with E-state index in [4.69, 9.17) is 6.57 Å². The molecular formula is C14H10N4. The minimum atomic E-state index is 0.631. The van der Waals surface area contributed by atoms with E-state index in [-0.39, 0.29) is 0 Å². The number of benzene rings is 1. The molecule has 0 aliphatic carbocycles. The van der Waals surface area contributed by atoms with Crippen molar-refractivity contribution >= 4 is 16.7 Å². The van der Waals surface area contributed by atoms with Gasteiger partial charge >= 0.3 is 0 Å². The molecule has 0 saturated carbocycles. The summed E-state index contributed by atoms with van der Waals surface area (Å²) in [5.74, 6) is 0.884. The van der Waals surface area contributed by atoms with Gasteiger partial charge in [-0.25, -0.2) is 9.83 Å². The summed E-state index contributed by atoms with van der Waals surface area (Å²) in [6.45, 7) is 7.05. The normalized spacial score (nSPS) is 10.4. The first-order chi connectivity index (χ1) is 8.79. The van der Waals surface area contributed by atoms with Gasteiger partial charge in [-0.1, -0.05) is 6.07 Å². The lowest BCUT2D eigenvalue weighted by atomic mass is 10.2. The molecule has 4 heteroatoms. The van der Waals surface area contributed by atoms with Crippen LogP contribution in [0.25, 0.3) is 27.3 Å². The van der Waals surface area contributed by atoms with Crippen LogP contribution in [0.1, 0.15) is 0 Å². The van der Waals surface area contributed by atoms with Crippen molar-refractivity contribution in [2.45, 2.75) is 0 Å². The maximum atomic E-state index is 7.05. The van der Waals surface area contributed by atoms with Gasteiger partial charge in [0.05, 0.1) is 17.6 Å². The minimum Gasteiger partial charge on any atom is -0.328 e. The maximum Gasteiger partial charge on any atom is 0.189 e. The molecule has 0 unspecified atom stereocenters. The second kappa shape index (κ2) is 3.97. The summed E-state index contributed by atoms with van der Waals surface area (Å²) in [7, 11) is 1.96. The SMILES string of the molecule is [C-]#[N+]c1ccc2nc(-c3ccncc3)n(C)c2c1. The highest BCUT2D eigenvalue weighted by molar-refractivity contribution is 5.83. The van der Waals surface area contributed by atoms with Crippen molar-refractivity contribution < 1.29 is 0 Å². The van der Waals surface area contributed by atoms with Crippen molar-refractivity contribution in [2.24, 2.45) is 7.05 Å². The summed E-state index contributed by atoms with van der Waals surface area (Å²) in [6.07, 6.45) is 3.50. The molecule has 2 aromatic heterocycles. The molecule has 86 valence electrons. The van der Waals surface area contributed by atoms with Gasteiger partial charge in [0.25, 0.3) is 0 Å². The Kier molecular flexibility index (Phi) is 2.31. The van der Waals surface area contributed by atoms with Crippen LogP contribution in [0, 0.1) is 6.57 Å². The van der Waals surface area contributed by atoms with Gasteiger partial charge in [0.1, 0.15) is 5.82 Å². The van der Waals surface area contributed by atoms with E-state index in [1.165, 1.54) is 0 Å². The third-order valence-corrected chi connectivity index (χ3v) is 2.93. The van der Waals surface area contributed by atoms with Gasteiger partial charge in [0.2, 0.25) is 0 Å². The van der Waals surface area contributed by atoms with Crippen LogP contribution in [0.5, 0.6) is 0 Å². The van der Waals surface area contributed by atoms with E-state index in [1.807, 2.05) is 35.9 Å². The quantitative estimate of drug-likeness (QED) is 0.606. The summed E-state index contributed by atoms with van der Waals surface area (Å²) in [4.78, 5) is 12.0. The molecule has 0 fully saturated rings. The molecular weight excluding hydrogens is 224 g/mol. The second-order valence-corrected chi connectivity index (χ2v) is 4.02. The highest BCUT2D eigenvalue weighted by Gasteiger charge is 2.09. The molecule has 0 amide bonds. The largest absolute Gasteiger partial charge is 0.328 e. The monoisotopic (exact) mass is 234 g/mol. The second-order valence-electron chi connectivity index (χ2n) is 4.02. The van der Waals surface area contributed by atoms with Crippen LogP contribution in [0.4, 0.5) is 5.69 Å². The maximum absolute atomic E-state index is 7.05. The van der Waals surface area contributed by atoms with E-state index in [0.717, 1.165) is 22.4 Å². The number of aryl methyl sites for hydroxylation is 1. The van der Waals surface area contributed by atoms with E-state index < -0.39 is 0 Å². The molecule has 0 bridgehead atoms. The van der Waals surface area contributed by atoms with Gasteiger partial charge in [-0.05, 0) is 24.3 Å². The summed E-state index contributed by atoms with van der Waals surface area (Å²) in [5.41, 5.74) is 3.52. The Balaban J connectivity index is 2.27. The molecule has 3 aromatic rings. The molecule has 0 aliphatic rings. The summed E-state index contributed by atoms with van der Waals surface area (Å²) in [5, 5.41) is 0. The number of imidazole rings is 1. The summed E-state index contributed by atoms with van der Waals surface area (Å²) >= 11 is 0. The van der Waals surface area contributed by atoms with Gasteiger partial charge in [-0.2, -0.15) is 0 Å². The van der Waals surface area contributed by atoms with Crippen LogP contribution in [0.2, 0.25) is 0 Å². The predicted molar refractivity (Wildman–Crippen MR) is 70.2 cm³/mol. The Morgan fingerprint density at radius 1 is 1.17 bits per heavy atom. The van der Waals surface area contributed by atoms with E-state index in [2.05, 4.69) is 14.8 Å². The first kappa shape index (κ1) is 10.5. The Labute approximate surface area is 104 Å². The van der Waals surface area contributed by atoms with Crippen LogP contribution in [0.3, 0.4) is 0 Å².